The number of hydrogen-bond acceptors (Lipinski definition) is 3. The molecule has 0 aliphatic carbocycles. The Kier molecular flexibility index (Phi) is 9.30. The molecule has 1 aromatic carbocycles. The maximum atomic E-state index is 5.84. The van der Waals surface area contributed by atoms with Crippen LogP contribution in [0.5, 0.6) is 0 Å². The molecular formula is C16H29Cl2N3. The van der Waals surface area contributed by atoms with Gasteiger partial charge >= 0.3 is 0 Å². The first-order valence-corrected chi connectivity index (χ1v) is 7.35. The lowest BCUT2D eigenvalue weighted by molar-refractivity contribution is 0.104. The summed E-state index contributed by atoms with van der Waals surface area (Å²) in [7, 11) is 2.24. The third kappa shape index (κ3) is 6.03. The van der Waals surface area contributed by atoms with Gasteiger partial charge in [0.15, 0.2) is 0 Å². The Morgan fingerprint density at radius 3 is 2.38 bits per heavy atom. The van der Waals surface area contributed by atoms with Crippen molar-refractivity contribution in [1.29, 1.82) is 0 Å². The van der Waals surface area contributed by atoms with Crippen LogP contribution in [0.25, 0.3) is 0 Å². The molecule has 1 saturated heterocycles. The van der Waals surface area contributed by atoms with E-state index < -0.39 is 0 Å². The van der Waals surface area contributed by atoms with Crippen LogP contribution < -0.4 is 5.73 Å². The normalized spacial score (nSPS) is 16.6. The highest BCUT2D eigenvalue weighted by atomic mass is 35.5. The van der Waals surface area contributed by atoms with E-state index in [2.05, 4.69) is 42.8 Å². The summed E-state index contributed by atoms with van der Waals surface area (Å²) >= 11 is 0. The smallest absolute Gasteiger partial charge is 0.0317 e. The van der Waals surface area contributed by atoms with E-state index in [1.54, 1.807) is 0 Å². The van der Waals surface area contributed by atoms with E-state index in [-0.39, 0.29) is 24.8 Å². The average Bonchev–Trinajstić information content (AvgIpc) is 2.39. The highest BCUT2D eigenvalue weighted by Gasteiger charge is 2.23. The molecule has 1 aliphatic rings. The van der Waals surface area contributed by atoms with Gasteiger partial charge in [-0.25, -0.2) is 0 Å². The van der Waals surface area contributed by atoms with Gasteiger partial charge < -0.3 is 10.6 Å². The molecule has 1 heterocycles. The largest absolute Gasteiger partial charge is 0.399 e. The first-order valence-electron chi connectivity index (χ1n) is 7.35. The standard InChI is InChI=1S/C16H27N3.2ClH/c1-13(2)19-9-7-16(8-10-19)18(3)12-14-5-4-6-15(17)11-14;;/h4-6,11,13,16H,7-10,12,17H2,1-3H3;2*1H. The maximum absolute atomic E-state index is 5.84. The molecule has 3 nitrogen and oxygen atoms in total. The minimum atomic E-state index is 0. The molecule has 0 atom stereocenters. The fourth-order valence-electron chi connectivity index (χ4n) is 2.95. The van der Waals surface area contributed by atoms with Crippen molar-refractivity contribution in [3.8, 4) is 0 Å². The summed E-state index contributed by atoms with van der Waals surface area (Å²) in [5.41, 5.74) is 8.01. The summed E-state index contributed by atoms with van der Waals surface area (Å²) in [4.78, 5) is 5.05. The van der Waals surface area contributed by atoms with E-state index in [1.165, 1.54) is 31.5 Å². The number of likely N-dealkylation sites (tertiary alicyclic amines) is 1. The summed E-state index contributed by atoms with van der Waals surface area (Å²) < 4.78 is 0. The van der Waals surface area contributed by atoms with Crippen LogP contribution in [0.15, 0.2) is 24.3 Å². The van der Waals surface area contributed by atoms with Crippen LogP contribution in [0.3, 0.4) is 0 Å². The Labute approximate surface area is 141 Å². The first kappa shape index (κ1) is 20.5. The quantitative estimate of drug-likeness (QED) is 0.857. The Balaban J connectivity index is 0.00000200. The van der Waals surface area contributed by atoms with Gasteiger partial charge in [0, 0.05) is 24.3 Å². The molecule has 0 bridgehead atoms. The SMILES string of the molecule is CC(C)N1CCC(N(C)Cc2cccc(N)c2)CC1.Cl.Cl. The predicted octanol–water partition coefficient (Wildman–Crippen LogP) is 3.42. The number of nitrogens with two attached hydrogens (primary N) is 1. The fourth-order valence-corrected chi connectivity index (χ4v) is 2.95. The third-order valence-electron chi connectivity index (χ3n) is 4.24. The zero-order chi connectivity index (χ0) is 13.8. The predicted molar refractivity (Wildman–Crippen MR) is 96.5 cm³/mol. The van der Waals surface area contributed by atoms with Crippen molar-refractivity contribution in [1.82, 2.24) is 9.80 Å². The first-order chi connectivity index (χ1) is 9.06. The van der Waals surface area contributed by atoms with Crippen LogP contribution in [-0.4, -0.2) is 42.0 Å². The lowest BCUT2D eigenvalue weighted by Gasteiger charge is -2.38. The van der Waals surface area contributed by atoms with E-state index in [1.807, 2.05) is 12.1 Å². The molecule has 2 rings (SSSR count). The van der Waals surface area contributed by atoms with Gasteiger partial charge in [0.1, 0.15) is 0 Å². The molecule has 2 N–H and O–H groups in total. The van der Waals surface area contributed by atoms with Gasteiger partial charge in [0.05, 0.1) is 0 Å². The van der Waals surface area contributed by atoms with Gasteiger partial charge in [-0.1, -0.05) is 12.1 Å². The summed E-state index contributed by atoms with van der Waals surface area (Å²) in [6.07, 6.45) is 2.55. The van der Waals surface area contributed by atoms with Crippen molar-refractivity contribution in [3.05, 3.63) is 29.8 Å². The minimum Gasteiger partial charge on any atom is -0.399 e. The monoisotopic (exact) mass is 333 g/mol. The molecular weight excluding hydrogens is 305 g/mol. The van der Waals surface area contributed by atoms with Gasteiger partial charge in [0.25, 0.3) is 0 Å². The van der Waals surface area contributed by atoms with Crippen molar-refractivity contribution < 1.29 is 0 Å². The fraction of sp³-hybridized carbons (Fsp3) is 0.625. The van der Waals surface area contributed by atoms with Gasteiger partial charge in [-0.2, -0.15) is 0 Å². The van der Waals surface area contributed by atoms with Crippen LogP contribution in [-0.2, 0) is 6.54 Å². The number of nitrogens with zero attached hydrogens (tertiary/aromatic N) is 2. The number of benzene rings is 1. The average molecular weight is 334 g/mol. The van der Waals surface area contributed by atoms with Crippen molar-refractivity contribution in [2.45, 2.75) is 45.3 Å². The van der Waals surface area contributed by atoms with E-state index >= 15 is 0 Å². The molecule has 1 fully saturated rings. The molecule has 21 heavy (non-hydrogen) atoms. The third-order valence-corrected chi connectivity index (χ3v) is 4.24. The molecule has 0 spiro atoms. The second-order valence-corrected chi connectivity index (χ2v) is 6.02. The van der Waals surface area contributed by atoms with E-state index in [0.29, 0.717) is 12.1 Å². The Bertz CT molecular complexity index is 404. The highest BCUT2D eigenvalue weighted by Crippen LogP contribution is 2.19. The number of hydrogen-bond donors (Lipinski definition) is 1. The van der Waals surface area contributed by atoms with E-state index in [9.17, 15) is 0 Å². The molecule has 0 amide bonds. The molecule has 1 aromatic rings. The summed E-state index contributed by atoms with van der Waals surface area (Å²) in [6.45, 7) is 8.03. The number of anilines is 1. The van der Waals surface area contributed by atoms with Crippen molar-refractivity contribution in [2.24, 2.45) is 0 Å². The summed E-state index contributed by atoms with van der Waals surface area (Å²) in [5, 5.41) is 0. The Morgan fingerprint density at radius 1 is 1.24 bits per heavy atom. The van der Waals surface area contributed by atoms with Crippen molar-refractivity contribution in [3.63, 3.8) is 0 Å². The lowest BCUT2D eigenvalue weighted by atomic mass is 10.0. The van der Waals surface area contributed by atoms with Crippen LogP contribution in [0, 0.1) is 0 Å². The number of piperidine rings is 1. The summed E-state index contributed by atoms with van der Waals surface area (Å²) in [5.74, 6) is 0. The molecule has 1 aliphatic heterocycles. The van der Waals surface area contributed by atoms with Crippen molar-refractivity contribution >= 4 is 30.5 Å². The maximum Gasteiger partial charge on any atom is 0.0317 e. The number of rotatable bonds is 4. The Morgan fingerprint density at radius 2 is 1.86 bits per heavy atom. The minimum absolute atomic E-state index is 0. The molecule has 122 valence electrons. The highest BCUT2D eigenvalue weighted by molar-refractivity contribution is 5.85. The van der Waals surface area contributed by atoms with E-state index in [0.717, 1.165) is 12.2 Å². The number of nitrogen functional groups attached to an aromatic ring is 1. The second kappa shape index (κ2) is 9.52. The van der Waals surface area contributed by atoms with Gasteiger partial charge in [-0.3, -0.25) is 4.90 Å². The van der Waals surface area contributed by atoms with Gasteiger partial charge in [-0.15, -0.1) is 24.8 Å². The lowest BCUT2D eigenvalue weighted by Crippen LogP contribution is -2.45. The topological polar surface area (TPSA) is 32.5 Å². The van der Waals surface area contributed by atoms with E-state index in [4.69, 9.17) is 5.73 Å². The Hall–Kier alpha value is -0.480. The van der Waals surface area contributed by atoms with Crippen LogP contribution in [0.2, 0.25) is 0 Å². The van der Waals surface area contributed by atoms with Gasteiger partial charge in [-0.05, 0) is 64.5 Å². The van der Waals surface area contributed by atoms with Crippen LogP contribution in [0.4, 0.5) is 5.69 Å². The van der Waals surface area contributed by atoms with Crippen LogP contribution in [0.1, 0.15) is 32.3 Å². The zero-order valence-corrected chi connectivity index (χ0v) is 14.9. The summed E-state index contributed by atoms with van der Waals surface area (Å²) in [6, 6.07) is 9.62. The number of halogens is 2. The second-order valence-electron chi connectivity index (χ2n) is 6.02. The molecule has 0 unspecified atom stereocenters. The molecule has 0 saturated carbocycles. The zero-order valence-electron chi connectivity index (χ0n) is 13.3. The van der Waals surface area contributed by atoms with Crippen LogP contribution >= 0.6 is 24.8 Å². The molecule has 0 aromatic heterocycles. The molecule has 5 heteroatoms. The van der Waals surface area contributed by atoms with Gasteiger partial charge in [0.2, 0.25) is 0 Å². The van der Waals surface area contributed by atoms with Crippen molar-refractivity contribution in [2.75, 3.05) is 25.9 Å². The molecule has 0 radical (unpaired) electrons.